The molecule has 5 rings (SSSR count). The molecule has 0 aromatic heterocycles. The van der Waals surface area contributed by atoms with Crippen molar-refractivity contribution in [2.45, 2.75) is 172 Å². The predicted octanol–water partition coefficient (Wildman–Crippen LogP) is 8.96. The molecule has 0 aromatic rings. The Hall–Kier alpha value is -3.18. The lowest BCUT2D eigenvalue weighted by Crippen LogP contribution is -2.58. The van der Waals surface area contributed by atoms with Gasteiger partial charge in [0, 0.05) is 112 Å². The summed E-state index contributed by atoms with van der Waals surface area (Å²) in [6.07, 6.45) is 3.55. The molecule has 6 amide bonds. The third kappa shape index (κ3) is 21.4. The number of amides is 6. The monoisotopic (exact) mass is 905 g/mol. The van der Waals surface area contributed by atoms with Crippen LogP contribution in [0.15, 0.2) is 0 Å². The van der Waals surface area contributed by atoms with Crippen molar-refractivity contribution in [1.82, 2.24) is 29.4 Å². The standard InChI is InChI=1S/C10H19NO.3C9H17NO.C8H15NO.C7H15NO/c1-9(2,3)8(12)11-6-10(4,5)7-11;2*1-7-5-10(6-7)8(11)9(2,3)4;1-9(2,3)8(11)10-6-4-5-7-10;1-8(2,3)7(10)9-5-4-6-9;1-7(2,3)6(9)8(4)5/h6-7H2,1-5H3;2*7H,5-6H2,1-4H3;4-7H2,1-3H3;4-6H2,1-3H3;1-5H3. The topological polar surface area (TPSA) is 122 Å². The van der Waals surface area contributed by atoms with Crippen LogP contribution < -0.4 is 0 Å². The van der Waals surface area contributed by atoms with Crippen LogP contribution in [-0.2, 0) is 28.8 Å². The van der Waals surface area contributed by atoms with E-state index in [1.807, 2.05) is 149 Å². The van der Waals surface area contributed by atoms with Gasteiger partial charge in [0.1, 0.15) is 0 Å². The number of nitrogens with zero attached hydrogens (tertiary/aromatic N) is 6. The van der Waals surface area contributed by atoms with Crippen LogP contribution in [0.2, 0.25) is 0 Å². The van der Waals surface area contributed by atoms with E-state index in [0.29, 0.717) is 29.1 Å². The van der Waals surface area contributed by atoms with Gasteiger partial charge < -0.3 is 29.4 Å². The Bertz CT molecular complexity index is 1470. The summed E-state index contributed by atoms with van der Waals surface area (Å²) >= 11 is 0. The molecular weight excluding hydrogens is 805 g/mol. The lowest BCUT2D eigenvalue weighted by Gasteiger charge is -2.48. The Balaban J connectivity index is 0.000000746. The van der Waals surface area contributed by atoms with Crippen molar-refractivity contribution in [2.24, 2.45) is 49.7 Å². The molecule has 5 heterocycles. The van der Waals surface area contributed by atoms with E-state index in [1.165, 1.54) is 19.3 Å². The molecule has 374 valence electrons. The second-order valence-corrected chi connectivity index (χ2v) is 26.3. The predicted molar refractivity (Wildman–Crippen MR) is 264 cm³/mol. The normalized spacial score (nSPS) is 18.7. The van der Waals surface area contributed by atoms with Crippen LogP contribution in [-0.4, -0.2) is 144 Å². The van der Waals surface area contributed by atoms with Crippen LogP contribution in [0.4, 0.5) is 0 Å². The first-order valence-corrected chi connectivity index (χ1v) is 24.1. The summed E-state index contributed by atoms with van der Waals surface area (Å²) in [7, 11) is 3.54. The molecule has 5 fully saturated rings. The third-order valence-corrected chi connectivity index (χ3v) is 11.0. The van der Waals surface area contributed by atoms with Crippen LogP contribution in [0.25, 0.3) is 0 Å². The molecule has 5 saturated heterocycles. The Morgan fingerprint density at radius 1 is 0.391 bits per heavy atom. The Kier molecular flexibility index (Phi) is 22.3. The zero-order chi connectivity index (χ0) is 50.8. The highest BCUT2D eigenvalue weighted by Gasteiger charge is 2.41. The largest absolute Gasteiger partial charge is 0.348 e. The molecule has 12 nitrogen and oxygen atoms in total. The number of hydrogen-bond donors (Lipinski definition) is 0. The van der Waals surface area contributed by atoms with Crippen LogP contribution in [0.3, 0.4) is 0 Å². The fourth-order valence-electron chi connectivity index (χ4n) is 7.34. The number of likely N-dealkylation sites (tertiary alicyclic amines) is 5. The van der Waals surface area contributed by atoms with Gasteiger partial charge in [-0.3, -0.25) is 28.8 Å². The molecule has 0 aliphatic carbocycles. The summed E-state index contributed by atoms with van der Waals surface area (Å²) in [5.41, 5.74) is -0.855. The average molecular weight is 905 g/mol. The minimum absolute atomic E-state index is 0.169. The third-order valence-electron chi connectivity index (χ3n) is 11.0. The van der Waals surface area contributed by atoms with Crippen molar-refractivity contribution in [2.75, 3.05) is 79.5 Å². The number of rotatable bonds is 0. The summed E-state index contributed by atoms with van der Waals surface area (Å²) in [4.78, 5) is 80.1. The van der Waals surface area contributed by atoms with Gasteiger partial charge in [0.05, 0.1) is 0 Å². The second kappa shape index (κ2) is 23.5. The van der Waals surface area contributed by atoms with Crippen LogP contribution in [0, 0.1) is 49.7 Å². The summed E-state index contributed by atoms with van der Waals surface area (Å²) in [6, 6.07) is 0. The minimum atomic E-state index is -0.233. The Morgan fingerprint density at radius 3 is 0.781 bits per heavy atom. The van der Waals surface area contributed by atoms with Gasteiger partial charge in [0.2, 0.25) is 35.4 Å². The van der Waals surface area contributed by atoms with Gasteiger partial charge in [-0.2, -0.15) is 0 Å². The minimum Gasteiger partial charge on any atom is -0.348 e. The average Bonchev–Trinajstić information content (AvgIpc) is 3.59. The van der Waals surface area contributed by atoms with E-state index < -0.39 is 0 Å². The number of carbonyl (C=O) groups excluding carboxylic acids is 6. The first-order chi connectivity index (χ1) is 28.4. The van der Waals surface area contributed by atoms with Crippen molar-refractivity contribution in [3.05, 3.63) is 0 Å². The van der Waals surface area contributed by atoms with Crippen molar-refractivity contribution in [3.63, 3.8) is 0 Å². The quantitative estimate of drug-likeness (QED) is 0.239. The number of carbonyl (C=O) groups is 6. The van der Waals surface area contributed by atoms with E-state index in [0.717, 1.165) is 65.4 Å². The van der Waals surface area contributed by atoms with Gasteiger partial charge >= 0.3 is 0 Å². The van der Waals surface area contributed by atoms with E-state index in [9.17, 15) is 28.8 Å². The van der Waals surface area contributed by atoms with Crippen molar-refractivity contribution < 1.29 is 28.8 Å². The Morgan fingerprint density at radius 2 is 0.625 bits per heavy atom. The van der Waals surface area contributed by atoms with E-state index in [2.05, 4.69) is 27.7 Å². The van der Waals surface area contributed by atoms with Gasteiger partial charge in [0.15, 0.2) is 0 Å². The SMILES string of the molecule is CC(C)(C)C(=O)N1CCC1.CC(C)(C)C(=O)N1CCCC1.CC1(C)CN(C(=O)C(C)(C)C)C1.CC1CN(C(=O)C(C)(C)C)C1.CC1CN(C(=O)C(C)(C)C)C1.CN(C)C(=O)C(C)(C)C. The lowest BCUT2D eigenvalue weighted by atomic mass is 9.82. The number of hydrogen-bond acceptors (Lipinski definition) is 6. The van der Waals surface area contributed by atoms with E-state index in [1.54, 1.807) is 19.0 Å². The lowest BCUT2D eigenvalue weighted by molar-refractivity contribution is -0.150. The molecule has 0 atom stereocenters. The maximum Gasteiger partial charge on any atom is 0.227 e. The van der Waals surface area contributed by atoms with E-state index in [-0.39, 0.29) is 56.1 Å². The first-order valence-electron chi connectivity index (χ1n) is 24.1. The van der Waals surface area contributed by atoms with Gasteiger partial charge in [-0.25, -0.2) is 0 Å². The van der Waals surface area contributed by atoms with Gasteiger partial charge in [-0.1, -0.05) is 152 Å². The maximum atomic E-state index is 11.7. The molecular formula is C52H100N6O6. The van der Waals surface area contributed by atoms with Gasteiger partial charge in [-0.05, 0) is 36.5 Å². The molecule has 0 unspecified atom stereocenters. The molecule has 12 heteroatoms. The molecule has 0 spiro atoms. The second-order valence-electron chi connectivity index (χ2n) is 26.3. The molecule has 5 aliphatic rings. The highest BCUT2D eigenvalue weighted by Crippen LogP contribution is 2.32. The molecule has 0 aromatic carbocycles. The first kappa shape index (κ1) is 60.8. The van der Waals surface area contributed by atoms with Crippen molar-refractivity contribution >= 4 is 35.4 Å². The smallest absolute Gasteiger partial charge is 0.227 e. The van der Waals surface area contributed by atoms with Gasteiger partial charge in [0.25, 0.3) is 0 Å². The fraction of sp³-hybridized carbons (Fsp3) is 0.885. The summed E-state index contributed by atoms with van der Waals surface area (Å²) in [5.74, 6) is 3.03. The highest BCUT2D eigenvalue weighted by atomic mass is 16.2. The van der Waals surface area contributed by atoms with Gasteiger partial charge in [-0.15, -0.1) is 0 Å². The zero-order valence-corrected chi connectivity index (χ0v) is 46.0. The molecule has 0 radical (unpaired) electrons. The zero-order valence-electron chi connectivity index (χ0n) is 46.0. The Labute approximate surface area is 393 Å². The van der Waals surface area contributed by atoms with E-state index in [4.69, 9.17) is 0 Å². The fourth-order valence-corrected chi connectivity index (χ4v) is 7.34. The maximum absolute atomic E-state index is 11.7. The summed E-state index contributed by atoms with van der Waals surface area (Å²) in [5, 5.41) is 0. The summed E-state index contributed by atoms with van der Waals surface area (Å²) < 4.78 is 0. The van der Waals surface area contributed by atoms with Crippen molar-refractivity contribution in [1.29, 1.82) is 0 Å². The molecule has 0 N–H and O–H groups in total. The van der Waals surface area contributed by atoms with Crippen LogP contribution in [0.1, 0.15) is 172 Å². The highest BCUT2D eigenvalue weighted by molar-refractivity contribution is 5.84. The van der Waals surface area contributed by atoms with Crippen molar-refractivity contribution in [3.8, 4) is 0 Å². The molecule has 5 aliphatic heterocycles. The van der Waals surface area contributed by atoms with Crippen LogP contribution in [0.5, 0.6) is 0 Å². The molecule has 64 heavy (non-hydrogen) atoms. The van der Waals surface area contributed by atoms with E-state index >= 15 is 0 Å². The molecule has 0 saturated carbocycles. The molecule has 0 bridgehead atoms. The van der Waals surface area contributed by atoms with Crippen LogP contribution >= 0.6 is 0 Å². The summed E-state index contributed by atoms with van der Waals surface area (Å²) in [6.45, 7) is 53.6.